The molecule has 43 heavy (non-hydrogen) atoms. The minimum atomic E-state index is -4.70. The summed E-state index contributed by atoms with van der Waals surface area (Å²) in [7, 11) is -4.38. The number of ether oxygens (including phenoxy) is 2. The van der Waals surface area contributed by atoms with Gasteiger partial charge in [-0.2, -0.15) is 18.3 Å². The lowest BCUT2D eigenvalue weighted by molar-refractivity contribution is -0.154. The van der Waals surface area contributed by atoms with Crippen LogP contribution in [0.4, 0.5) is 18.0 Å². The number of aromatic nitrogens is 2. The molecule has 2 heterocycles. The minimum Gasteiger partial charge on any atom is -0.447 e. The lowest BCUT2D eigenvalue weighted by Gasteiger charge is -2.19. The number of alkyl halides is 3. The Morgan fingerprint density at radius 1 is 1.09 bits per heavy atom. The van der Waals surface area contributed by atoms with Crippen LogP contribution in [0, 0.1) is 6.92 Å². The number of rotatable bonds is 10. The number of amides is 1. The van der Waals surface area contributed by atoms with Gasteiger partial charge in [0.1, 0.15) is 6.61 Å². The fraction of sp³-hybridized carbons (Fsp3) is 0.346. The molecule has 1 saturated heterocycles. The standard InChI is InChI=1S/C26H27F3N6O7S/c1-17-5-7-19(8-6-17)23-14-24(26(27,28)29)30-35(23)20-9-11-22(12-10-20)43(38,39)31-25(37)40-15-21-4-3-13-34(21)32-33-42-16-41-18(2)36/h5-12,14,21H,3-4,13,15-16H2,1-2H3,(H,31,37)/b33-32-. The molecule has 1 unspecified atom stereocenters. The van der Waals surface area contributed by atoms with Gasteiger partial charge >= 0.3 is 18.2 Å². The monoisotopic (exact) mass is 624 g/mol. The molecule has 0 aliphatic carbocycles. The zero-order valence-electron chi connectivity index (χ0n) is 22.9. The molecule has 1 aromatic heterocycles. The molecular formula is C26H27F3N6O7S. The fourth-order valence-corrected chi connectivity index (χ4v) is 4.99. The third-order valence-electron chi connectivity index (χ3n) is 6.23. The van der Waals surface area contributed by atoms with Crippen LogP contribution in [0.1, 0.15) is 31.0 Å². The predicted molar refractivity (Wildman–Crippen MR) is 143 cm³/mol. The van der Waals surface area contributed by atoms with Crippen molar-refractivity contribution in [3.63, 3.8) is 0 Å². The highest BCUT2D eigenvalue weighted by molar-refractivity contribution is 7.90. The Kier molecular flexibility index (Phi) is 9.53. The number of aryl methyl sites for hydroxylation is 1. The maximum Gasteiger partial charge on any atom is 0.435 e. The second-order valence-electron chi connectivity index (χ2n) is 9.40. The molecule has 2 aromatic carbocycles. The molecule has 0 saturated carbocycles. The van der Waals surface area contributed by atoms with E-state index in [0.717, 1.165) is 28.4 Å². The summed E-state index contributed by atoms with van der Waals surface area (Å²) in [6, 6.07) is 12.1. The summed E-state index contributed by atoms with van der Waals surface area (Å²) in [5.41, 5.74) is 0.605. The molecule has 17 heteroatoms. The Bertz CT molecular complexity index is 1580. The fourth-order valence-electron chi connectivity index (χ4n) is 4.10. The highest BCUT2D eigenvalue weighted by atomic mass is 32.2. The first-order valence-electron chi connectivity index (χ1n) is 12.8. The van der Waals surface area contributed by atoms with Crippen LogP contribution >= 0.6 is 0 Å². The van der Waals surface area contributed by atoms with Gasteiger partial charge in [0.2, 0.25) is 0 Å². The normalized spacial score (nSPS) is 15.5. The average molecular weight is 625 g/mol. The second kappa shape index (κ2) is 13.1. The van der Waals surface area contributed by atoms with Gasteiger partial charge in [-0.25, -0.2) is 22.6 Å². The predicted octanol–water partition coefficient (Wildman–Crippen LogP) is 4.57. The average Bonchev–Trinajstić information content (AvgIpc) is 3.59. The summed E-state index contributed by atoms with van der Waals surface area (Å²) in [4.78, 5) is 27.4. The zero-order chi connectivity index (χ0) is 31.2. The number of sulfonamides is 1. The summed E-state index contributed by atoms with van der Waals surface area (Å²) < 4.78 is 78.5. The van der Waals surface area contributed by atoms with Gasteiger partial charge in [0.05, 0.1) is 22.3 Å². The van der Waals surface area contributed by atoms with Gasteiger partial charge in [0.15, 0.2) is 5.69 Å². The van der Waals surface area contributed by atoms with Crippen molar-refractivity contribution >= 4 is 22.1 Å². The van der Waals surface area contributed by atoms with Gasteiger partial charge in [-0.3, -0.25) is 9.80 Å². The Morgan fingerprint density at radius 2 is 1.79 bits per heavy atom. The molecule has 0 radical (unpaired) electrons. The molecule has 0 spiro atoms. The number of hydrogen-bond donors (Lipinski definition) is 1. The van der Waals surface area contributed by atoms with Crippen LogP contribution in [0.15, 0.2) is 70.0 Å². The summed E-state index contributed by atoms with van der Waals surface area (Å²) >= 11 is 0. The van der Waals surface area contributed by atoms with E-state index in [4.69, 9.17) is 9.57 Å². The molecule has 1 aliphatic heterocycles. The van der Waals surface area contributed by atoms with Gasteiger partial charge in [0, 0.05) is 24.3 Å². The van der Waals surface area contributed by atoms with Crippen LogP contribution in [0.25, 0.3) is 16.9 Å². The summed E-state index contributed by atoms with van der Waals surface area (Å²) in [5.74, 6) is -0.552. The van der Waals surface area contributed by atoms with Crippen molar-refractivity contribution in [2.24, 2.45) is 10.5 Å². The molecule has 0 bridgehead atoms. The Hall–Kier alpha value is -4.67. The topological polar surface area (TPSA) is 154 Å². The number of esters is 1. The van der Waals surface area contributed by atoms with E-state index >= 15 is 0 Å². The first-order chi connectivity index (χ1) is 20.3. The van der Waals surface area contributed by atoms with Crippen LogP contribution < -0.4 is 4.72 Å². The van der Waals surface area contributed by atoms with E-state index in [1.165, 1.54) is 24.1 Å². The van der Waals surface area contributed by atoms with Crippen LogP contribution in [0.5, 0.6) is 0 Å². The van der Waals surface area contributed by atoms with E-state index in [1.54, 1.807) is 29.0 Å². The first-order valence-corrected chi connectivity index (χ1v) is 14.3. The van der Waals surface area contributed by atoms with E-state index in [1.807, 2.05) is 6.92 Å². The molecule has 1 aliphatic rings. The van der Waals surface area contributed by atoms with Gasteiger partial charge in [-0.05, 0) is 55.3 Å². The van der Waals surface area contributed by atoms with Crippen molar-refractivity contribution < 1.29 is 45.5 Å². The minimum absolute atomic E-state index is 0.154. The number of hydrogen-bond acceptors (Lipinski definition) is 10. The van der Waals surface area contributed by atoms with Crippen LogP contribution in [-0.2, 0) is 35.3 Å². The maximum atomic E-state index is 13.5. The molecule has 4 rings (SSSR count). The van der Waals surface area contributed by atoms with Gasteiger partial charge in [-0.1, -0.05) is 29.8 Å². The van der Waals surface area contributed by atoms with Crippen molar-refractivity contribution in [2.45, 2.75) is 43.8 Å². The van der Waals surface area contributed by atoms with E-state index in [2.05, 4.69) is 20.3 Å². The van der Waals surface area contributed by atoms with Crippen molar-refractivity contribution in [1.82, 2.24) is 19.5 Å². The Labute approximate surface area is 244 Å². The van der Waals surface area contributed by atoms with Crippen molar-refractivity contribution in [3.05, 3.63) is 65.9 Å². The lowest BCUT2D eigenvalue weighted by atomic mass is 10.1. The molecule has 1 atom stereocenters. The van der Waals surface area contributed by atoms with Gasteiger partial charge < -0.3 is 14.3 Å². The zero-order valence-corrected chi connectivity index (χ0v) is 23.8. The molecule has 1 amide bonds. The van der Waals surface area contributed by atoms with E-state index in [-0.39, 0.29) is 22.9 Å². The molecule has 230 valence electrons. The number of halogens is 3. The lowest BCUT2D eigenvalue weighted by Crippen LogP contribution is -2.35. The van der Waals surface area contributed by atoms with Crippen molar-refractivity contribution in [3.8, 4) is 16.9 Å². The van der Waals surface area contributed by atoms with Crippen molar-refractivity contribution in [2.75, 3.05) is 19.9 Å². The number of nitrogens with one attached hydrogen (secondary N) is 1. The molecular weight excluding hydrogens is 597 g/mol. The number of benzene rings is 2. The number of nitrogens with zero attached hydrogens (tertiary/aromatic N) is 5. The van der Waals surface area contributed by atoms with E-state index in [9.17, 15) is 31.2 Å². The highest BCUT2D eigenvalue weighted by Crippen LogP contribution is 2.33. The molecule has 1 N–H and O–H groups in total. The smallest absolute Gasteiger partial charge is 0.435 e. The molecule has 13 nitrogen and oxygen atoms in total. The van der Waals surface area contributed by atoms with E-state index in [0.29, 0.717) is 24.9 Å². The van der Waals surface area contributed by atoms with Gasteiger partial charge in [0.25, 0.3) is 16.8 Å². The SMILES string of the molecule is CC(=O)OCO/N=N\N1CCCC1COC(=O)NS(=O)(=O)c1ccc(-n2nc(C(F)(F)F)cc2-c2ccc(C)cc2)cc1. The first kappa shape index (κ1) is 31.3. The quantitative estimate of drug-likeness (QED) is 0.112. The number of carbonyl (C=O) groups excluding carboxylic acids is 2. The van der Waals surface area contributed by atoms with Crippen molar-refractivity contribution in [1.29, 1.82) is 0 Å². The van der Waals surface area contributed by atoms with Crippen LogP contribution in [0.3, 0.4) is 0 Å². The largest absolute Gasteiger partial charge is 0.447 e. The Morgan fingerprint density at radius 3 is 2.44 bits per heavy atom. The highest BCUT2D eigenvalue weighted by Gasteiger charge is 2.35. The molecule has 3 aromatic rings. The summed E-state index contributed by atoms with van der Waals surface area (Å²) in [6.07, 6.45) is -4.65. The van der Waals surface area contributed by atoms with E-state index < -0.39 is 46.8 Å². The third-order valence-corrected chi connectivity index (χ3v) is 7.56. The third kappa shape index (κ3) is 8.21. The van der Waals surface area contributed by atoms with Gasteiger partial charge in [-0.15, -0.1) is 0 Å². The Balaban J connectivity index is 1.40. The van der Waals surface area contributed by atoms with Crippen LogP contribution in [0.2, 0.25) is 0 Å². The molecule has 1 fully saturated rings. The second-order valence-corrected chi connectivity index (χ2v) is 11.1. The summed E-state index contributed by atoms with van der Waals surface area (Å²) in [6.45, 7) is 2.90. The number of carbonyl (C=O) groups is 2. The van der Waals surface area contributed by atoms with Crippen LogP contribution in [-0.4, -0.2) is 61.3 Å². The maximum absolute atomic E-state index is 13.5. The summed E-state index contributed by atoms with van der Waals surface area (Å²) in [5, 5.41) is 12.4.